The maximum Gasteiger partial charge on any atom is 0.306 e. The molecule has 0 unspecified atom stereocenters. The van der Waals surface area contributed by atoms with E-state index >= 15 is 0 Å². The van der Waals surface area contributed by atoms with Crippen LogP contribution in [-0.2, 0) is 28.6 Å². The molecule has 0 rings (SSSR count). The number of rotatable bonds is 58. The Bertz CT molecular complexity index is 1010. The topological polar surface area (TPSA) is 78.9 Å². The molecule has 0 saturated carbocycles. The summed E-state index contributed by atoms with van der Waals surface area (Å²) in [6.07, 6.45) is 67.8. The molecule has 0 aliphatic carbocycles. The lowest BCUT2D eigenvalue weighted by Crippen LogP contribution is -2.30. The van der Waals surface area contributed by atoms with E-state index in [-0.39, 0.29) is 31.1 Å². The van der Waals surface area contributed by atoms with E-state index in [1.54, 1.807) is 0 Å². The number of ether oxygens (including phenoxy) is 3. The van der Waals surface area contributed by atoms with Crippen molar-refractivity contribution in [3.05, 3.63) is 12.2 Å². The first-order valence-corrected chi connectivity index (χ1v) is 31.2. The zero-order valence-corrected chi connectivity index (χ0v) is 46.9. The Labute approximate surface area is 431 Å². The molecule has 0 fully saturated rings. The summed E-state index contributed by atoms with van der Waals surface area (Å²) in [7, 11) is 0. The minimum absolute atomic E-state index is 0.0671. The zero-order valence-electron chi connectivity index (χ0n) is 46.9. The Kier molecular flexibility index (Phi) is 57.1. The van der Waals surface area contributed by atoms with E-state index in [0.29, 0.717) is 19.3 Å². The maximum absolute atomic E-state index is 12.9. The van der Waals surface area contributed by atoms with Crippen LogP contribution in [0.15, 0.2) is 12.2 Å². The Morgan fingerprint density at radius 2 is 0.478 bits per heavy atom. The van der Waals surface area contributed by atoms with Crippen molar-refractivity contribution in [1.82, 2.24) is 0 Å². The lowest BCUT2D eigenvalue weighted by Gasteiger charge is -2.18. The number of carbonyl (C=O) groups excluding carboxylic acids is 3. The number of unbranched alkanes of at least 4 members (excludes halogenated alkanes) is 45. The van der Waals surface area contributed by atoms with E-state index in [0.717, 1.165) is 64.2 Å². The van der Waals surface area contributed by atoms with Gasteiger partial charge in [0.2, 0.25) is 0 Å². The molecule has 6 nitrogen and oxygen atoms in total. The molecule has 0 heterocycles. The second-order valence-corrected chi connectivity index (χ2v) is 21.3. The fraction of sp³-hybridized carbons (Fsp3) is 0.921. The van der Waals surface area contributed by atoms with E-state index in [4.69, 9.17) is 14.2 Å². The molecular weight excluding hydrogens is 853 g/mol. The largest absolute Gasteiger partial charge is 0.462 e. The summed E-state index contributed by atoms with van der Waals surface area (Å²) < 4.78 is 16.9. The SMILES string of the molecule is CCCCCC/C=C\CCCCCCCC(=O)OC(COC(=O)CCCCCCCCCCCCCCCCCCCCC)COC(=O)CCCCCCCCCCCCCCCCCCCCC. The molecule has 6 heteroatoms. The highest BCUT2D eigenvalue weighted by molar-refractivity contribution is 5.71. The molecule has 0 radical (unpaired) electrons. The average molecular weight is 974 g/mol. The third-order valence-electron chi connectivity index (χ3n) is 14.3. The number of hydrogen-bond donors (Lipinski definition) is 0. The molecule has 0 amide bonds. The lowest BCUT2D eigenvalue weighted by molar-refractivity contribution is -0.167. The van der Waals surface area contributed by atoms with Crippen molar-refractivity contribution < 1.29 is 28.6 Å². The normalized spacial score (nSPS) is 11.6. The van der Waals surface area contributed by atoms with Gasteiger partial charge in [-0.1, -0.05) is 303 Å². The van der Waals surface area contributed by atoms with Gasteiger partial charge in [-0.25, -0.2) is 0 Å². The maximum atomic E-state index is 12.9. The van der Waals surface area contributed by atoms with Crippen molar-refractivity contribution in [2.75, 3.05) is 13.2 Å². The monoisotopic (exact) mass is 973 g/mol. The van der Waals surface area contributed by atoms with Crippen LogP contribution in [0.25, 0.3) is 0 Å². The molecule has 0 aromatic rings. The second-order valence-electron chi connectivity index (χ2n) is 21.3. The fourth-order valence-electron chi connectivity index (χ4n) is 9.56. The van der Waals surface area contributed by atoms with Gasteiger partial charge in [-0.3, -0.25) is 14.4 Å². The van der Waals surface area contributed by atoms with Gasteiger partial charge in [0.25, 0.3) is 0 Å². The van der Waals surface area contributed by atoms with Gasteiger partial charge in [-0.15, -0.1) is 0 Å². The van der Waals surface area contributed by atoms with E-state index in [1.165, 1.54) is 250 Å². The van der Waals surface area contributed by atoms with E-state index in [9.17, 15) is 14.4 Å². The molecular formula is C63H120O6. The van der Waals surface area contributed by atoms with Gasteiger partial charge >= 0.3 is 17.9 Å². The van der Waals surface area contributed by atoms with Crippen molar-refractivity contribution >= 4 is 17.9 Å². The van der Waals surface area contributed by atoms with Gasteiger partial charge in [0.05, 0.1) is 0 Å². The molecule has 0 saturated heterocycles. The van der Waals surface area contributed by atoms with Crippen LogP contribution < -0.4 is 0 Å². The van der Waals surface area contributed by atoms with Crippen LogP contribution >= 0.6 is 0 Å². The molecule has 0 spiro atoms. The molecule has 0 bridgehead atoms. The molecule has 0 N–H and O–H groups in total. The van der Waals surface area contributed by atoms with Gasteiger partial charge < -0.3 is 14.2 Å². The van der Waals surface area contributed by atoms with Crippen LogP contribution in [0, 0.1) is 0 Å². The highest BCUT2D eigenvalue weighted by atomic mass is 16.6. The molecule has 0 aromatic carbocycles. The van der Waals surface area contributed by atoms with Gasteiger partial charge in [0, 0.05) is 19.3 Å². The average Bonchev–Trinajstić information content (AvgIpc) is 3.35. The summed E-state index contributed by atoms with van der Waals surface area (Å²) in [5.41, 5.74) is 0. The van der Waals surface area contributed by atoms with Crippen LogP contribution in [0.4, 0.5) is 0 Å². The molecule has 0 aliphatic rings. The number of carbonyl (C=O) groups is 3. The van der Waals surface area contributed by atoms with Gasteiger partial charge in [0.1, 0.15) is 13.2 Å². The van der Waals surface area contributed by atoms with E-state index in [2.05, 4.69) is 32.9 Å². The van der Waals surface area contributed by atoms with E-state index < -0.39 is 6.10 Å². The van der Waals surface area contributed by atoms with Crippen LogP contribution in [0.3, 0.4) is 0 Å². The highest BCUT2D eigenvalue weighted by Crippen LogP contribution is 2.18. The Hall–Kier alpha value is -1.85. The van der Waals surface area contributed by atoms with Crippen molar-refractivity contribution in [1.29, 1.82) is 0 Å². The zero-order chi connectivity index (χ0) is 50.0. The number of esters is 3. The molecule has 0 aromatic heterocycles. The van der Waals surface area contributed by atoms with Crippen molar-refractivity contribution in [2.45, 2.75) is 361 Å². The van der Waals surface area contributed by atoms with Crippen LogP contribution in [0.5, 0.6) is 0 Å². The Morgan fingerprint density at radius 3 is 0.739 bits per heavy atom. The molecule has 69 heavy (non-hydrogen) atoms. The number of hydrogen-bond acceptors (Lipinski definition) is 6. The summed E-state index contributed by atoms with van der Waals surface area (Å²) in [5.74, 6) is -0.847. The first kappa shape index (κ1) is 67.1. The summed E-state index contributed by atoms with van der Waals surface area (Å²) in [4.78, 5) is 38.2. The van der Waals surface area contributed by atoms with Crippen molar-refractivity contribution in [3.63, 3.8) is 0 Å². The summed E-state index contributed by atoms with van der Waals surface area (Å²) in [6.45, 7) is 6.69. The summed E-state index contributed by atoms with van der Waals surface area (Å²) in [5, 5.41) is 0. The van der Waals surface area contributed by atoms with Crippen LogP contribution in [-0.4, -0.2) is 37.2 Å². The fourth-order valence-corrected chi connectivity index (χ4v) is 9.56. The van der Waals surface area contributed by atoms with Gasteiger partial charge in [0.15, 0.2) is 6.10 Å². The predicted octanol–water partition coefficient (Wildman–Crippen LogP) is 20.9. The lowest BCUT2D eigenvalue weighted by atomic mass is 10.0. The Balaban J connectivity index is 4.26. The summed E-state index contributed by atoms with van der Waals surface area (Å²) >= 11 is 0. The Morgan fingerprint density at radius 1 is 0.275 bits per heavy atom. The first-order chi connectivity index (χ1) is 34.0. The standard InChI is InChI=1S/C63H120O6/c1-4-7-10-13-16-19-22-25-27-29-31-33-35-38-40-43-46-49-52-55-61(64)67-58-60(69-63(66)57-54-51-48-45-42-37-24-21-18-15-12-9-6-3)59-68-62(65)56-53-50-47-44-41-39-36-34-32-30-28-26-23-20-17-14-11-8-5-2/h21,24,60H,4-20,22-23,25-59H2,1-3H3/b24-21-. The molecule has 0 atom stereocenters. The highest BCUT2D eigenvalue weighted by Gasteiger charge is 2.19. The van der Waals surface area contributed by atoms with Crippen molar-refractivity contribution in [3.8, 4) is 0 Å². The number of allylic oxidation sites excluding steroid dienone is 2. The van der Waals surface area contributed by atoms with Gasteiger partial charge in [-0.2, -0.15) is 0 Å². The predicted molar refractivity (Wildman–Crippen MR) is 298 cm³/mol. The minimum Gasteiger partial charge on any atom is -0.462 e. The summed E-state index contributed by atoms with van der Waals surface area (Å²) in [6, 6.07) is 0. The third-order valence-corrected chi connectivity index (χ3v) is 14.3. The smallest absolute Gasteiger partial charge is 0.306 e. The van der Waals surface area contributed by atoms with Crippen molar-refractivity contribution in [2.24, 2.45) is 0 Å². The minimum atomic E-state index is -0.769. The third kappa shape index (κ3) is 56.9. The molecule has 0 aliphatic heterocycles. The van der Waals surface area contributed by atoms with Crippen LogP contribution in [0.2, 0.25) is 0 Å². The van der Waals surface area contributed by atoms with Crippen LogP contribution in [0.1, 0.15) is 355 Å². The quantitative estimate of drug-likeness (QED) is 0.0261. The molecule has 408 valence electrons. The van der Waals surface area contributed by atoms with Gasteiger partial charge in [-0.05, 0) is 44.9 Å². The first-order valence-electron chi connectivity index (χ1n) is 31.2. The second kappa shape index (κ2) is 58.7. The van der Waals surface area contributed by atoms with E-state index in [1.807, 2.05) is 0 Å².